The highest BCUT2D eigenvalue weighted by atomic mass is 16.6. The number of fused-ring (bicyclic) bond motifs is 3. The topological polar surface area (TPSA) is 93.7 Å². The third kappa shape index (κ3) is 5.17. The molecule has 3 rings (SSSR count). The Hall–Kier alpha value is -3.35. The zero-order chi connectivity index (χ0) is 21.7. The molecular weight excluding hydrogens is 384 g/mol. The van der Waals surface area contributed by atoms with E-state index in [2.05, 4.69) is 22.8 Å². The van der Waals surface area contributed by atoms with Crippen LogP contribution in [0, 0.1) is 0 Å². The van der Waals surface area contributed by atoms with E-state index in [1.54, 1.807) is 20.8 Å². The molecular formula is C23H26N2O5. The second-order valence-electron chi connectivity index (χ2n) is 8.10. The van der Waals surface area contributed by atoms with E-state index in [0.717, 1.165) is 22.3 Å². The molecule has 2 aromatic carbocycles. The van der Waals surface area contributed by atoms with Crippen molar-refractivity contribution < 1.29 is 23.9 Å². The first-order valence-corrected chi connectivity index (χ1v) is 9.82. The van der Waals surface area contributed by atoms with Gasteiger partial charge in [-0.3, -0.25) is 0 Å². The highest BCUT2D eigenvalue weighted by Gasteiger charge is 2.29. The number of nitrogens with one attached hydrogen (secondary N) is 2. The van der Waals surface area contributed by atoms with Crippen LogP contribution in [0.1, 0.15) is 37.8 Å². The summed E-state index contributed by atoms with van der Waals surface area (Å²) in [6, 6.07) is 15.1. The molecule has 0 radical (unpaired) electrons. The fraction of sp³-hybridized carbons (Fsp3) is 0.348. The summed E-state index contributed by atoms with van der Waals surface area (Å²) in [6.07, 6.45) is -0.845. The molecule has 1 aliphatic carbocycles. The second-order valence-corrected chi connectivity index (χ2v) is 8.10. The normalized spacial score (nSPS) is 13.6. The van der Waals surface area contributed by atoms with Crippen molar-refractivity contribution >= 4 is 18.5 Å². The average molecular weight is 410 g/mol. The van der Waals surface area contributed by atoms with Gasteiger partial charge in [0, 0.05) is 12.5 Å². The van der Waals surface area contributed by atoms with Crippen LogP contribution < -0.4 is 10.6 Å². The van der Waals surface area contributed by atoms with Crippen molar-refractivity contribution in [3.8, 4) is 11.1 Å². The van der Waals surface area contributed by atoms with Gasteiger partial charge in [-0.15, -0.1) is 0 Å². The summed E-state index contributed by atoms with van der Waals surface area (Å²) in [5, 5.41) is 4.91. The molecule has 158 valence electrons. The summed E-state index contributed by atoms with van der Waals surface area (Å²) in [5.41, 5.74) is 3.82. The maximum absolute atomic E-state index is 12.2. The lowest BCUT2D eigenvalue weighted by atomic mass is 9.98. The van der Waals surface area contributed by atoms with Crippen molar-refractivity contribution in [2.75, 3.05) is 13.2 Å². The lowest BCUT2D eigenvalue weighted by Gasteiger charge is -2.21. The Balaban J connectivity index is 1.55. The number of carbonyl (C=O) groups is 3. The van der Waals surface area contributed by atoms with Gasteiger partial charge in [0.2, 0.25) is 0 Å². The zero-order valence-electron chi connectivity index (χ0n) is 17.3. The Kier molecular flexibility index (Phi) is 6.40. The molecule has 1 unspecified atom stereocenters. The minimum absolute atomic E-state index is 0.0716. The summed E-state index contributed by atoms with van der Waals surface area (Å²) in [6.45, 7) is 5.25. The number of hydrogen-bond acceptors (Lipinski definition) is 5. The van der Waals surface area contributed by atoms with Crippen molar-refractivity contribution in [2.24, 2.45) is 0 Å². The fourth-order valence-electron chi connectivity index (χ4n) is 3.43. The highest BCUT2D eigenvalue weighted by molar-refractivity contribution is 5.79. The molecule has 1 aliphatic rings. The third-order valence-corrected chi connectivity index (χ3v) is 4.68. The Morgan fingerprint density at radius 2 is 1.57 bits per heavy atom. The van der Waals surface area contributed by atoms with Gasteiger partial charge < -0.3 is 24.9 Å². The van der Waals surface area contributed by atoms with E-state index >= 15 is 0 Å². The number of amides is 2. The Morgan fingerprint density at radius 1 is 1.00 bits per heavy atom. The maximum Gasteiger partial charge on any atom is 0.407 e. The number of carbonyl (C=O) groups excluding carboxylic acids is 3. The number of aldehydes is 1. The molecule has 30 heavy (non-hydrogen) atoms. The summed E-state index contributed by atoms with van der Waals surface area (Å²) < 4.78 is 10.5. The van der Waals surface area contributed by atoms with Gasteiger partial charge in [-0.05, 0) is 43.0 Å². The highest BCUT2D eigenvalue weighted by Crippen LogP contribution is 2.44. The molecule has 0 aliphatic heterocycles. The molecule has 0 saturated heterocycles. The monoisotopic (exact) mass is 410 g/mol. The Labute approximate surface area is 175 Å². The van der Waals surface area contributed by atoms with Gasteiger partial charge in [-0.1, -0.05) is 48.5 Å². The van der Waals surface area contributed by atoms with Crippen molar-refractivity contribution in [1.29, 1.82) is 0 Å². The van der Waals surface area contributed by atoms with E-state index in [9.17, 15) is 14.4 Å². The first kappa shape index (κ1) is 21.4. The largest absolute Gasteiger partial charge is 0.449 e. The van der Waals surface area contributed by atoms with Crippen LogP contribution in [0.3, 0.4) is 0 Å². The standard InChI is InChI=1S/C23H26N2O5/c1-23(2,3)30-21(27)24-12-15(13-26)25-22(28)29-14-20-18-10-6-4-8-16(18)17-9-5-7-11-19(17)20/h4-11,13,15,20H,12,14H2,1-3H3,(H,24,27)(H,25,28). The first-order valence-electron chi connectivity index (χ1n) is 9.82. The fourth-order valence-corrected chi connectivity index (χ4v) is 3.43. The van der Waals surface area contributed by atoms with Gasteiger partial charge in [-0.2, -0.15) is 0 Å². The molecule has 2 N–H and O–H groups in total. The molecule has 0 heterocycles. The predicted molar refractivity (Wildman–Crippen MR) is 112 cm³/mol. The summed E-state index contributed by atoms with van der Waals surface area (Å²) >= 11 is 0. The van der Waals surface area contributed by atoms with Crippen LogP contribution >= 0.6 is 0 Å². The number of benzene rings is 2. The van der Waals surface area contributed by atoms with E-state index < -0.39 is 23.8 Å². The van der Waals surface area contributed by atoms with Crippen LogP contribution in [0.2, 0.25) is 0 Å². The molecule has 1 atom stereocenters. The van der Waals surface area contributed by atoms with E-state index in [1.807, 2.05) is 36.4 Å². The zero-order valence-corrected chi connectivity index (χ0v) is 17.3. The van der Waals surface area contributed by atoms with E-state index in [0.29, 0.717) is 6.29 Å². The van der Waals surface area contributed by atoms with E-state index in [4.69, 9.17) is 9.47 Å². The Morgan fingerprint density at radius 3 is 2.10 bits per heavy atom. The first-order chi connectivity index (χ1) is 14.3. The van der Waals surface area contributed by atoms with Crippen LogP contribution in [0.5, 0.6) is 0 Å². The average Bonchev–Trinajstić information content (AvgIpc) is 3.02. The lowest BCUT2D eigenvalue weighted by molar-refractivity contribution is -0.109. The minimum Gasteiger partial charge on any atom is -0.449 e. The Bertz CT molecular complexity index is 890. The van der Waals surface area contributed by atoms with Crippen LogP contribution in [0.15, 0.2) is 48.5 Å². The SMILES string of the molecule is CC(C)(C)OC(=O)NCC(C=O)NC(=O)OCC1c2ccccc2-c2ccccc21. The number of hydrogen-bond donors (Lipinski definition) is 2. The molecule has 0 saturated carbocycles. The number of rotatable bonds is 6. The molecule has 0 bridgehead atoms. The molecule has 0 fully saturated rings. The molecule has 2 amide bonds. The van der Waals surface area contributed by atoms with Crippen molar-refractivity contribution in [2.45, 2.75) is 38.3 Å². The van der Waals surface area contributed by atoms with Crippen LogP contribution in [-0.2, 0) is 14.3 Å². The predicted octanol–water partition coefficient (Wildman–Crippen LogP) is 3.62. The van der Waals surface area contributed by atoms with E-state index in [1.165, 1.54) is 0 Å². The van der Waals surface area contributed by atoms with Crippen molar-refractivity contribution in [1.82, 2.24) is 10.6 Å². The van der Waals surface area contributed by atoms with Crippen molar-refractivity contribution in [3.05, 3.63) is 59.7 Å². The quantitative estimate of drug-likeness (QED) is 0.710. The van der Waals surface area contributed by atoms with Crippen LogP contribution in [0.4, 0.5) is 9.59 Å². The second kappa shape index (κ2) is 8.98. The van der Waals surface area contributed by atoms with Crippen LogP contribution in [0.25, 0.3) is 11.1 Å². The van der Waals surface area contributed by atoms with Gasteiger partial charge >= 0.3 is 12.2 Å². The van der Waals surface area contributed by atoms with Crippen molar-refractivity contribution in [3.63, 3.8) is 0 Å². The smallest absolute Gasteiger partial charge is 0.407 e. The molecule has 0 spiro atoms. The van der Waals surface area contributed by atoms with Gasteiger partial charge in [0.25, 0.3) is 0 Å². The van der Waals surface area contributed by atoms with Gasteiger partial charge in [0.15, 0.2) is 0 Å². The lowest BCUT2D eigenvalue weighted by Crippen LogP contribution is -2.46. The molecule has 7 nitrogen and oxygen atoms in total. The minimum atomic E-state index is -0.923. The van der Waals surface area contributed by atoms with Gasteiger partial charge in [-0.25, -0.2) is 9.59 Å². The molecule has 7 heteroatoms. The number of alkyl carbamates (subject to hydrolysis) is 2. The summed E-state index contributed by atoms with van der Waals surface area (Å²) in [7, 11) is 0. The maximum atomic E-state index is 12.2. The van der Waals surface area contributed by atoms with Gasteiger partial charge in [0.05, 0.1) is 0 Å². The third-order valence-electron chi connectivity index (χ3n) is 4.68. The molecule has 2 aromatic rings. The van der Waals surface area contributed by atoms with E-state index in [-0.39, 0.29) is 19.1 Å². The molecule has 0 aromatic heterocycles. The summed E-state index contributed by atoms with van der Waals surface area (Å²) in [4.78, 5) is 35.2. The van der Waals surface area contributed by atoms with Gasteiger partial charge in [0.1, 0.15) is 24.5 Å². The van der Waals surface area contributed by atoms with Crippen LogP contribution in [-0.4, -0.2) is 43.3 Å². The number of ether oxygens (including phenoxy) is 2. The summed E-state index contributed by atoms with van der Waals surface area (Å²) in [5.74, 6) is -0.0716.